The molecule has 2 rings (SSSR count). The van der Waals surface area contributed by atoms with Crippen LogP contribution in [-0.2, 0) is 17.9 Å². The molecule has 1 aromatic heterocycles. The van der Waals surface area contributed by atoms with E-state index in [1.807, 2.05) is 19.1 Å². The van der Waals surface area contributed by atoms with Gasteiger partial charge in [-0.25, -0.2) is 5.48 Å². The van der Waals surface area contributed by atoms with Crippen molar-refractivity contribution in [3.63, 3.8) is 0 Å². The minimum absolute atomic E-state index is 0.535. The summed E-state index contributed by atoms with van der Waals surface area (Å²) in [5.41, 5.74) is 5.99. The van der Waals surface area contributed by atoms with Crippen LogP contribution in [0.1, 0.15) is 35.9 Å². The second-order valence-corrected chi connectivity index (χ2v) is 6.48. The number of hydroxylamine groups is 1. The molecule has 0 saturated carbocycles. The van der Waals surface area contributed by atoms with Crippen LogP contribution in [0.4, 0.5) is 0 Å². The van der Waals surface area contributed by atoms with Gasteiger partial charge in [0.2, 0.25) is 0 Å². The third-order valence-electron chi connectivity index (χ3n) is 4.19. The molecule has 6 heteroatoms. The van der Waals surface area contributed by atoms with Crippen molar-refractivity contribution in [3.8, 4) is 0 Å². The summed E-state index contributed by atoms with van der Waals surface area (Å²) in [6.07, 6.45) is 4.07. The summed E-state index contributed by atoms with van der Waals surface area (Å²) in [5.74, 6) is -0.535. The molecular formula is C20H28N4O2. The third kappa shape index (κ3) is 6.13. The Morgan fingerprint density at radius 2 is 2.00 bits per heavy atom. The highest BCUT2D eigenvalue weighted by Crippen LogP contribution is 2.10. The molecule has 0 fully saturated rings. The van der Waals surface area contributed by atoms with Gasteiger partial charge in [0, 0.05) is 24.9 Å². The lowest BCUT2D eigenvalue weighted by atomic mass is 10.1. The number of aryl methyl sites for hydroxylation is 2. The number of hydrogen-bond donors (Lipinski definition) is 2. The molecule has 1 heterocycles. The van der Waals surface area contributed by atoms with Crippen molar-refractivity contribution in [2.24, 2.45) is 0 Å². The van der Waals surface area contributed by atoms with E-state index in [0.717, 1.165) is 43.9 Å². The van der Waals surface area contributed by atoms with E-state index in [-0.39, 0.29) is 0 Å². The van der Waals surface area contributed by atoms with Gasteiger partial charge in [0.15, 0.2) is 0 Å². The Morgan fingerprint density at radius 3 is 2.58 bits per heavy atom. The van der Waals surface area contributed by atoms with Crippen LogP contribution < -0.4 is 5.48 Å². The summed E-state index contributed by atoms with van der Waals surface area (Å²) < 4.78 is 2.07. The topological polar surface area (TPSA) is 70.4 Å². The normalized spacial score (nSPS) is 11.4. The summed E-state index contributed by atoms with van der Waals surface area (Å²) in [6.45, 7) is 10.1. The molecule has 0 aliphatic rings. The molecule has 140 valence electrons. The fourth-order valence-electron chi connectivity index (χ4n) is 2.93. The van der Waals surface area contributed by atoms with Crippen molar-refractivity contribution < 1.29 is 10.0 Å². The Kier molecular flexibility index (Phi) is 7.56. The van der Waals surface area contributed by atoms with Crippen molar-refractivity contribution in [3.05, 3.63) is 58.9 Å². The molecule has 0 bridgehead atoms. The molecule has 1 amide bonds. The summed E-state index contributed by atoms with van der Waals surface area (Å²) in [6, 6.07) is 10.2. The molecule has 0 atom stereocenters. The predicted octanol–water partition coefficient (Wildman–Crippen LogP) is 2.93. The van der Waals surface area contributed by atoms with Crippen molar-refractivity contribution in [1.29, 1.82) is 0 Å². The first kappa shape index (κ1) is 19.9. The highest BCUT2D eigenvalue weighted by Gasteiger charge is 2.07. The molecule has 2 aromatic rings. The highest BCUT2D eigenvalue weighted by molar-refractivity contribution is 5.90. The van der Waals surface area contributed by atoms with E-state index in [0.29, 0.717) is 0 Å². The van der Waals surface area contributed by atoms with E-state index in [2.05, 4.69) is 46.7 Å². The van der Waals surface area contributed by atoms with Gasteiger partial charge >= 0.3 is 0 Å². The predicted molar refractivity (Wildman–Crippen MR) is 103 cm³/mol. The van der Waals surface area contributed by atoms with Crippen LogP contribution in [0, 0.1) is 13.8 Å². The summed E-state index contributed by atoms with van der Waals surface area (Å²) in [7, 11) is 0. The summed E-state index contributed by atoms with van der Waals surface area (Å²) in [5, 5.41) is 13.0. The molecule has 0 aliphatic carbocycles. The largest absolute Gasteiger partial charge is 0.297 e. The minimum atomic E-state index is -0.535. The fraction of sp³-hybridized carbons (Fsp3) is 0.400. The zero-order chi connectivity index (χ0) is 18.9. The average Bonchev–Trinajstić information content (AvgIpc) is 2.96. The second kappa shape index (κ2) is 9.89. The maximum absolute atomic E-state index is 11.0. The molecule has 0 unspecified atom stereocenters. The first-order valence-corrected chi connectivity index (χ1v) is 8.96. The summed E-state index contributed by atoms with van der Waals surface area (Å²) >= 11 is 0. The molecule has 1 aromatic carbocycles. The van der Waals surface area contributed by atoms with Crippen LogP contribution in [-0.4, -0.2) is 38.9 Å². The number of carbonyl (C=O) groups is 1. The molecule has 0 spiro atoms. The first-order chi connectivity index (χ1) is 12.5. The quantitative estimate of drug-likeness (QED) is 0.412. The van der Waals surface area contributed by atoms with Gasteiger partial charge in [-0.2, -0.15) is 5.10 Å². The number of benzene rings is 1. The van der Waals surface area contributed by atoms with Gasteiger partial charge in [0.25, 0.3) is 5.91 Å². The number of carbonyl (C=O) groups excluding carboxylic acids is 1. The molecule has 6 nitrogen and oxygen atoms in total. The molecular weight excluding hydrogens is 328 g/mol. The van der Waals surface area contributed by atoms with Crippen LogP contribution >= 0.6 is 0 Å². The van der Waals surface area contributed by atoms with Gasteiger partial charge in [-0.1, -0.05) is 31.2 Å². The Labute approximate surface area is 155 Å². The maximum Gasteiger partial charge on any atom is 0.267 e. The van der Waals surface area contributed by atoms with Gasteiger partial charge < -0.3 is 0 Å². The fourth-order valence-corrected chi connectivity index (χ4v) is 2.93. The zero-order valence-electron chi connectivity index (χ0n) is 15.8. The maximum atomic E-state index is 11.0. The Bertz CT molecular complexity index is 735. The van der Waals surface area contributed by atoms with Crippen LogP contribution in [0.3, 0.4) is 0 Å². The van der Waals surface area contributed by atoms with Gasteiger partial charge in [0.1, 0.15) is 0 Å². The SMILES string of the molecule is CCCN(CCn1nc(C)cc1C)Cc1ccc(/C=C/C(=O)NO)cc1. The van der Waals surface area contributed by atoms with Gasteiger partial charge in [0.05, 0.1) is 12.2 Å². The highest BCUT2D eigenvalue weighted by atomic mass is 16.5. The first-order valence-electron chi connectivity index (χ1n) is 8.96. The lowest BCUT2D eigenvalue weighted by Crippen LogP contribution is -2.28. The minimum Gasteiger partial charge on any atom is -0.297 e. The number of nitrogens with zero attached hydrogens (tertiary/aromatic N) is 3. The van der Waals surface area contributed by atoms with Gasteiger partial charge in [-0.15, -0.1) is 0 Å². The number of nitrogens with one attached hydrogen (secondary N) is 1. The number of rotatable bonds is 9. The van der Waals surface area contributed by atoms with Gasteiger partial charge in [-0.3, -0.25) is 19.6 Å². The third-order valence-corrected chi connectivity index (χ3v) is 4.19. The second-order valence-electron chi connectivity index (χ2n) is 6.48. The Balaban J connectivity index is 1.95. The van der Waals surface area contributed by atoms with E-state index >= 15 is 0 Å². The molecule has 0 aliphatic heterocycles. The van der Waals surface area contributed by atoms with Crippen molar-refractivity contribution >= 4 is 12.0 Å². The van der Waals surface area contributed by atoms with Gasteiger partial charge in [-0.05, 0) is 50.1 Å². The smallest absolute Gasteiger partial charge is 0.267 e. The average molecular weight is 356 g/mol. The van der Waals surface area contributed by atoms with Crippen LogP contribution in [0.25, 0.3) is 6.08 Å². The lowest BCUT2D eigenvalue weighted by Gasteiger charge is -2.22. The molecule has 0 radical (unpaired) electrons. The van der Waals surface area contributed by atoms with Crippen LogP contribution in [0.15, 0.2) is 36.4 Å². The molecule has 26 heavy (non-hydrogen) atoms. The number of aromatic nitrogens is 2. The van der Waals surface area contributed by atoms with E-state index < -0.39 is 5.91 Å². The van der Waals surface area contributed by atoms with E-state index in [4.69, 9.17) is 5.21 Å². The monoisotopic (exact) mass is 356 g/mol. The van der Waals surface area contributed by atoms with E-state index in [9.17, 15) is 4.79 Å². The molecule has 2 N–H and O–H groups in total. The van der Waals surface area contributed by atoms with E-state index in [1.54, 1.807) is 11.6 Å². The Hall–Kier alpha value is -2.44. The summed E-state index contributed by atoms with van der Waals surface area (Å²) in [4.78, 5) is 13.5. The van der Waals surface area contributed by atoms with Crippen LogP contribution in [0.5, 0.6) is 0 Å². The standard InChI is InChI=1S/C20H28N4O2/c1-4-11-23(12-13-24-17(3)14-16(2)21-24)15-19-7-5-18(6-8-19)9-10-20(25)22-26/h5-10,14,26H,4,11-13,15H2,1-3H3,(H,22,25)/b10-9+. The lowest BCUT2D eigenvalue weighted by molar-refractivity contribution is -0.124. The van der Waals surface area contributed by atoms with E-state index in [1.165, 1.54) is 17.3 Å². The van der Waals surface area contributed by atoms with Crippen molar-refractivity contribution in [2.45, 2.75) is 40.3 Å². The molecule has 0 saturated heterocycles. The van der Waals surface area contributed by atoms with Crippen LogP contribution in [0.2, 0.25) is 0 Å². The number of amides is 1. The Morgan fingerprint density at radius 1 is 1.27 bits per heavy atom. The van der Waals surface area contributed by atoms with Crippen molar-refractivity contribution in [1.82, 2.24) is 20.2 Å². The number of hydrogen-bond acceptors (Lipinski definition) is 4. The van der Waals surface area contributed by atoms with Crippen molar-refractivity contribution in [2.75, 3.05) is 13.1 Å². The zero-order valence-corrected chi connectivity index (χ0v) is 15.8.